The molecule has 6 heterocycles. The second-order valence-electron chi connectivity index (χ2n) is 16.8. The minimum absolute atomic E-state index is 0.749. The lowest BCUT2D eigenvalue weighted by Crippen LogP contribution is -2.33. The predicted octanol–water partition coefficient (Wildman–Crippen LogP) is 14.2. The van der Waals surface area contributed by atoms with Gasteiger partial charge in [-0.2, -0.15) is 0 Å². The van der Waals surface area contributed by atoms with E-state index in [-0.39, 0.29) is 0 Å². The number of nitrogens with zero attached hydrogens (tertiary/aromatic N) is 3. The molecule has 0 saturated heterocycles. The molecule has 0 fully saturated rings. The normalized spacial score (nSPS) is 15.2. The zero-order chi connectivity index (χ0) is 41.8. The number of hydrogen-bond acceptors (Lipinski definition) is 4. The number of thiophene rings is 1. The molecule has 15 rings (SSSR count). The van der Waals surface area contributed by atoms with Crippen molar-refractivity contribution in [2.45, 2.75) is 0 Å². The molecular formula is C56H32N3O2PS2. The Labute approximate surface area is 375 Å². The van der Waals surface area contributed by atoms with Crippen LogP contribution in [0.4, 0.5) is 0 Å². The lowest BCUT2D eigenvalue weighted by molar-refractivity contribution is 0.469. The van der Waals surface area contributed by atoms with E-state index in [1.807, 2.05) is 0 Å². The molecule has 2 aliphatic rings. The Morgan fingerprint density at radius 1 is 0.375 bits per heavy atom. The summed E-state index contributed by atoms with van der Waals surface area (Å²) in [6.45, 7) is 0. The molecule has 13 aromatic rings. The van der Waals surface area contributed by atoms with Gasteiger partial charge in [0.05, 0.1) is 54.7 Å². The average molecular weight is 874 g/mol. The highest BCUT2D eigenvalue weighted by molar-refractivity contribution is 8.27. The fraction of sp³-hybridized carbons (Fsp3) is 0. The first kappa shape index (κ1) is 35.1. The zero-order valence-electron chi connectivity index (χ0n) is 33.9. The van der Waals surface area contributed by atoms with Crippen molar-refractivity contribution in [2.24, 2.45) is 0 Å². The van der Waals surface area contributed by atoms with E-state index >= 15 is 0 Å². The summed E-state index contributed by atoms with van der Waals surface area (Å²) in [5, 5.41) is 10.4. The molecule has 0 saturated carbocycles. The van der Waals surface area contributed by atoms with Crippen LogP contribution < -0.4 is 24.7 Å². The fourth-order valence-electron chi connectivity index (χ4n) is 10.8. The van der Waals surface area contributed by atoms with Crippen LogP contribution in [0, 0.1) is 0 Å². The van der Waals surface area contributed by atoms with Gasteiger partial charge >= 0.3 is 0 Å². The Morgan fingerprint density at radius 3 is 1.25 bits per heavy atom. The summed E-state index contributed by atoms with van der Waals surface area (Å²) in [5.74, 6) is 3.14. The molecule has 2 aliphatic heterocycles. The van der Waals surface area contributed by atoms with E-state index in [0.717, 1.165) is 87.4 Å². The van der Waals surface area contributed by atoms with Gasteiger partial charge in [0.1, 0.15) is 17.2 Å². The molecule has 0 radical (unpaired) electrons. The van der Waals surface area contributed by atoms with E-state index in [4.69, 9.17) is 21.3 Å². The highest BCUT2D eigenvalue weighted by Gasteiger charge is 2.45. The lowest BCUT2D eigenvalue weighted by Gasteiger charge is -2.36. The van der Waals surface area contributed by atoms with Crippen LogP contribution in [-0.2, 0) is 11.8 Å². The molecule has 64 heavy (non-hydrogen) atoms. The molecular weight excluding hydrogens is 842 g/mol. The molecule has 0 aliphatic carbocycles. The van der Waals surface area contributed by atoms with Crippen LogP contribution in [0.1, 0.15) is 0 Å². The molecule has 0 bridgehead atoms. The van der Waals surface area contributed by atoms with E-state index < -0.39 is 6.04 Å². The molecule has 4 aromatic heterocycles. The van der Waals surface area contributed by atoms with E-state index in [1.54, 1.807) is 11.3 Å². The van der Waals surface area contributed by atoms with Crippen molar-refractivity contribution >= 4 is 120 Å². The molecule has 0 spiro atoms. The Balaban J connectivity index is 1.00. The minimum Gasteiger partial charge on any atom is -0.456 e. The zero-order valence-corrected chi connectivity index (χ0v) is 36.4. The van der Waals surface area contributed by atoms with Crippen molar-refractivity contribution in [3.05, 3.63) is 194 Å². The third-order valence-corrected chi connectivity index (χ3v) is 20.4. The smallest absolute Gasteiger partial charge is 0.155 e. The first-order valence-electron chi connectivity index (χ1n) is 21.4. The van der Waals surface area contributed by atoms with Crippen LogP contribution in [-0.4, -0.2) is 13.7 Å². The standard InChI is InChI=1S/C56H32N3O2PS2/c63-62-52-27-25-34(58-45-21-9-3-15-38(45)39-16-4-10-22-46(39)58)30-49(52)60-50-31-35(59-47-23-11-5-17-40(47)41-18-6-12-24-48(41)59)32-51(55(50)62)61-54-42-29-33(26-28-53(42)64-56(54)62)57-43-19-7-1-13-36(43)37-14-2-8-20-44(37)57/h1-32H. The lowest BCUT2D eigenvalue weighted by atomic mass is 10.2. The van der Waals surface area contributed by atoms with Gasteiger partial charge in [0.2, 0.25) is 0 Å². The molecule has 300 valence electrons. The fourth-order valence-corrected chi connectivity index (χ4v) is 17.3. The van der Waals surface area contributed by atoms with Gasteiger partial charge in [0, 0.05) is 77.3 Å². The van der Waals surface area contributed by atoms with Crippen molar-refractivity contribution in [1.82, 2.24) is 13.7 Å². The monoisotopic (exact) mass is 873 g/mol. The Bertz CT molecular complexity index is 4110. The number of para-hydroxylation sites is 6. The summed E-state index contributed by atoms with van der Waals surface area (Å²) < 4.78 is 23.8. The Hall–Kier alpha value is -7.41. The van der Waals surface area contributed by atoms with Gasteiger partial charge in [-0.25, -0.2) is 0 Å². The van der Waals surface area contributed by atoms with Crippen LogP contribution in [0.15, 0.2) is 194 Å². The van der Waals surface area contributed by atoms with Gasteiger partial charge in [0.15, 0.2) is 5.75 Å². The molecule has 1 unspecified atom stereocenters. The second kappa shape index (κ2) is 12.6. The van der Waals surface area contributed by atoms with Crippen molar-refractivity contribution in [1.29, 1.82) is 0 Å². The number of rotatable bonds is 3. The molecule has 5 nitrogen and oxygen atoms in total. The molecule has 9 aromatic carbocycles. The van der Waals surface area contributed by atoms with E-state index in [9.17, 15) is 0 Å². The summed E-state index contributed by atoms with van der Waals surface area (Å²) in [6.07, 6.45) is 0. The van der Waals surface area contributed by atoms with Crippen molar-refractivity contribution in [3.8, 4) is 40.1 Å². The van der Waals surface area contributed by atoms with Gasteiger partial charge in [0.25, 0.3) is 0 Å². The maximum absolute atomic E-state index is 7.31. The molecule has 0 N–H and O–H groups in total. The SMILES string of the molecule is S=P12c3ccc(-n4c5ccccc5c5ccccc54)cc3Oc3cc(-n4c5ccccc5c5ccccc54)cc(c31)Oc1c2sc2ccc(-n3c4ccccc4c4ccccc43)cc12. The Morgan fingerprint density at radius 2 is 0.766 bits per heavy atom. The summed E-state index contributed by atoms with van der Waals surface area (Å²) >= 11 is 9.05. The summed E-state index contributed by atoms with van der Waals surface area (Å²) in [7, 11) is 0. The van der Waals surface area contributed by atoms with Crippen molar-refractivity contribution in [3.63, 3.8) is 0 Å². The first-order valence-corrected chi connectivity index (χ1v) is 25.1. The van der Waals surface area contributed by atoms with Crippen molar-refractivity contribution in [2.75, 3.05) is 0 Å². The molecule has 8 heteroatoms. The van der Waals surface area contributed by atoms with Crippen molar-refractivity contribution < 1.29 is 9.47 Å². The highest BCUT2D eigenvalue weighted by atomic mass is 32.4. The topological polar surface area (TPSA) is 33.2 Å². The maximum Gasteiger partial charge on any atom is 0.155 e. The quantitative estimate of drug-likeness (QED) is 0.166. The second-order valence-corrected chi connectivity index (χ2v) is 22.4. The van der Waals surface area contributed by atoms with Crippen LogP contribution >= 0.6 is 17.4 Å². The minimum atomic E-state index is -2.75. The molecule has 0 amide bonds. The van der Waals surface area contributed by atoms with Crippen LogP contribution in [0.25, 0.3) is 92.6 Å². The number of ether oxygens (including phenoxy) is 2. The molecule has 1 atom stereocenters. The van der Waals surface area contributed by atoms with Crippen LogP contribution in [0.2, 0.25) is 0 Å². The van der Waals surface area contributed by atoms with Gasteiger partial charge in [-0.15, -0.1) is 11.3 Å². The van der Waals surface area contributed by atoms with Gasteiger partial charge in [-0.3, -0.25) is 0 Å². The van der Waals surface area contributed by atoms with Gasteiger partial charge in [-0.1, -0.05) is 121 Å². The largest absolute Gasteiger partial charge is 0.456 e. The van der Waals surface area contributed by atoms with E-state index in [0.29, 0.717) is 0 Å². The van der Waals surface area contributed by atoms with Crippen LogP contribution in [0.3, 0.4) is 0 Å². The summed E-state index contributed by atoms with van der Waals surface area (Å²) in [6, 6.07) is 67.0. The number of benzene rings is 9. The maximum atomic E-state index is 7.31. The Kier molecular flexibility index (Phi) is 6.92. The van der Waals surface area contributed by atoms with E-state index in [1.165, 1.54) is 43.4 Å². The van der Waals surface area contributed by atoms with E-state index in [2.05, 4.69) is 208 Å². The number of hydrogen-bond donors (Lipinski definition) is 0. The van der Waals surface area contributed by atoms with Crippen LogP contribution in [0.5, 0.6) is 23.0 Å². The number of fused-ring (bicyclic) bond motifs is 15. The highest BCUT2D eigenvalue weighted by Crippen LogP contribution is 2.62. The summed E-state index contributed by atoms with van der Waals surface area (Å²) in [5.41, 5.74) is 9.95. The predicted molar refractivity (Wildman–Crippen MR) is 271 cm³/mol. The summed E-state index contributed by atoms with van der Waals surface area (Å²) in [4.78, 5) is 0. The first-order chi connectivity index (χ1) is 31.6. The third-order valence-electron chi connectivity index (χ3n) is 13.5. The number of aromatic nitrogens is 3. The average Bonchev–Trinajstić information content (AvgIpc) is 4.08. The van der Waals surface area contributed by atoms with Gasteiger partial charge in [-0.05, 0) is 66.7 Å². The van der Waals surface area contributed by atoms with Gasteiger partial charge < -0.3 is 23.2 Å². The third kappa shape index (κ3) is 4.50.